The quantitative estimate of drug-likeness (QED) is 0.697. The largest absolute Gasteiger partial charge is 0.477 e. The monoisotopic (exact) mass is 402 g/mol. The van der Waals surface area contributed by atoms with Crippen molar-refractivity contribution < 1.29 is 14.3 Å². The molecule has 1 fully saturated rings. The number of hydrogen-bond acceptors (Lipinski definition) is 6. The summed E-state index contributed by atoms with van der Waals surface area (Å²) in [6, 6.07) is 2.70. The van der Waals surface area contributed by atoms with E-state index < -0.39 is 17.2 Å². The maximum absolute atomic E-state index is 14.9. The summed E-state index contributed by atoms with van der Waals surface area (Å²) >= 11 is 1.46. The third-order valence-corrected chi connectivity index (χ3v) is 5.80. The summed E-state index contributed by atoms with van der Waals surface area (Å²) in [7, 11) is 0. The zero-order valence-electron chi connectivity index (χ0n) is 15.2. The number of fused-ring (bicyclic) bond motifs is 1. The third kappa shape index (κ3) is 3.16. The molecule has 1 aliphatic heterocycles. The summed E-state index contributed by atoms with van der Waals surface area (Å²) in [5.41, 5.74) is 0.254. The number of carboxylic acid groups (broad SMARTS) is 1. The normalized spacial score (nSPS) is 14.6. The molecule has 1 aliphatic rings. The number of aromatic carboxylic acids is 1. The van der Waals surface area contributed by atoms with E-state index in [1.807, 2.05) is 12.3 Å². The van der Waals surface area contributed by atoms with Crippen LogP contribution in [0.25, 0.3) is 22.2 Å². The minimum absolute atomic E-state index is 0.0561. The zero-order chi connectivity index (χ0) is 19.8. The van der Waals surface area contributed by atoms with Crippen LogP contribution in [0.4, 0.5) is 9.52 Å². The second kappa shape index (κ2) is 7.33. The predicted molar refractivity (Wildman–Crippen MR) is 107 cm³/mol. The summed E-state index contributed by atoms with van der Waals surface area (Å²) < 4.78 is 16.5. The first-order valence-corrected chi connectivity index (χ1v) is 9.89. The number of benzene rings is 1. The van der Waals surface area contributed by atoms with E-state index in [4.69, 9.17) is 0 Å². The van der Waals surface area contributed by atoms with E-state index in [1.54, 1.807) is 10.6 Å². The Bertz CT molecular complexity index is 1120. The molecule has 28 heavy (non-hydrogen) atoms. The number of anilines is 1. The number of carboxylic acids is 1. The molecule has 0 spiro atoms. The van der Waals surface area contributed by atoms with E-state index in [0.29, 0.717) is 23.3 Å². The predicted octanol–water partition coefficient (Wildman–Crippen LogP) is 2.39. The Morgan fingerprint density at radius 2 is 2.11 bits per heavy atom. The lowest BCUT2D eigenvalue weighted by Crippen LogP contribution is -2.43. The molecule has 7 nitrogen and oxygen atoms in total. The SMILES string of the molecule is CCn1cc(C(=O)O)c(=O)c2cc(F)c(-c3csc(N4CCNCC4)n3)cc21. The van der Waals surface area contributed by atoms with Crippen LogP contribution >= 0.6 is 11.3 Å². The molecule has 0 saturated carbocycles. The molecule has 0 amide bonds. The molecule has 9 heteroatoms. The van der Waals surface area contributed by atoms with Crippen molar-refractivity contribution in [3.8, 4) is 11.3 Å². The molecular formula is C19H19FN4O3S. The van der Waals surface area contributed by atoms with Gasteiger partial charge in [-0.25, -0.2) is 14.2 Å². The van der Waals surface area contributed by atoms with Crippen molar-refractivity contribution in [2.45, 2.75) is 13.5 Å². The number of nitrogens with zero attached hydrogens (tertiary/aromatic N) is 3. The fourth-order valence-corrected chi connectivity index (χ4v) is 4.29. The Labute approximate surface area is 164 Å². The number of nitrogens with one attached hydrogen (secondary N) is 1. The van der Waals surface area contributed by atoms with E-state index in [1.165, 1.54) is 17.5 Å². The number of halogens is 1. The Morgan fingerprint density at radius 1 is 1.36 bits per heavy atom. The minimum Gasteiger partial charge on any atom is -0.477 e. The van der Waals surface area contributed by atoms with Crippen LogP contribution in [0, 0.1) is 5.82 Å². The smallest absolute Gasteiger partial charge is 0.341 e. The van der Waals surface area contributed by atoms with E-state index in [9.17, 15) is 19.1 Å². The number of rotatable bonds is 4. The van der Waals surface area contributed by atoms with Gasteiger partial charge < -0.3 is 19.9 Å². The van der Waals surface area contributed by atoms with Crippen molar-refractivity contribution in [3.05, 3.63) is 45.3 Å². The zero-order valence-corrected chi connectivity index (χ0v) is 16.1. The van der Waals surface area contributed by atoms with Crippen molar-refractivity contribution in [3.63, 3.8) is 0 Å². The highest BCUT2D eigenvalue weighted by molar-refractivity contribution is 7.14. The number of aromatic nitrogens is 2. The molecule has 2 aromatic heterocycles. The lowest BCUT2D eigenvalue weighted by atomic mass is 10.1. The van der Waals surface area contributed by atoms with Crippen LogP contribution in [0.3, 0.4) is 0 Å². The Balaban J connectivity index is 1.84. The van der Waals surface area contributed by atoms with Crippen molar-refractivity contribution in [2.24, 2.45) is 0 Å². The third-order valence-electron chi connectivity index (χ3n) is 4.90. The van der Waals surface area contributed by atoms with Crippen molar-refractivity contribution in [1.29, 1.82) is 0 Å². The lowest BCUT2D eigenvalue weighted by molar-refractivity contribution is 0.0695. The second-order valence-electron chi connectivity index (χ2n) is 6.56. The maximum Gasteiger partial charge on any atom is 0.341 e. The van der Waals surface area contributed by atoms with Crippen LogP contribution in [0.1, 0.15) is 17.3 Å². The van der Waals surface area contributed by atoms with Crippen molar-refractivity contribution >= 4 is 33.3 Å². The molecule has 4 rings (SSSR count). The maximum atomic E-state index is 14.9. The van der Waals surface area contributed by atoms with Crippen molar-refractivity contribution in [2.75, 3.05) is 31.1 Å². The van der Waals surface area contributed by atoms with Crippen LogP contribution in [0.5, 0.6) is 0 Å². The first-order chi connectivity index (χ1) is 13.5. The van der Waals surface area contributed by atoms with Gasteiger partial charge in [0.1, 0.15) is 11.4 Å². The van der Waals surface area contributed by atoms with E-state index in [0.717, 1.165) is 37.4 Å². The topological polar surface area (TPSA) is 87.5 Å². The highest BCUT2D eigenvalue weighted by Crippen LogP contribution is 2.31. The summed E-state index contributed by atoms with van der Waals surface area (Å²) in [4.78, 5) is 30.5. The molecule has 0 bridgehead atoms. The number of hydrogen-bond donors (Lipinski definition) is 2. The van der Waals surface area contributed by atoms with Gasteiger partial charge in [-0.15, -0.1) is 11.3 Å². The Kier molecular flexibility index (Phi) is 4.86. The van der Waals surface area contributed by atoms with Crippen molar-refractivity contribution in [1.82, 2.24) is 14.9 Å². The first kappa shape index (κ1) is 18.6. The molecule has 0 aliphatic carbocycles. The van der Waals surface area contributed by atoms with Gasteiger partial charge in [-0.05, 0) is 19.1 Å². The highest BCUT2D eigenvalue weighted by atomic mass is 32.1. The van der Waals surface area contributed by atoms with Crippen LogP contribution in [0.15, 0.2) is 28.5 Å². The number of thiazole rings is 1. The van der Waals surface area contributed by atoms with Crippen LogP contribution in [-0.2, 0) is 6.54 Å². The lowest BCUT2D eigenvalue weighted by Gasteiger charge is -2.26. The molecule has 1 aromatic carbocycles. The first-order valence-electron chi connectivity index (χ1n) is 9.01. The van der Waals surface area contributed by atoms with Crippen LogP contribution < -0.4 is 15.6 Å². The number of piperazine rings is 1. The van der Waals surface area contributed by atoms with E-state index in [-0.39, 0.29) is 10.9 Å². The summed E-state index contributed by atoms with van der Waals surface area (Å²) in [6.07, 6.45) is 1.31. The molecule has 0 atom stereocenters. The average Bonchev–Trinajstić information content (AvgIpc) is 3.18. The van der Waals surface area contributed by atoms with E-state index >= 15 is 0 Å². The molecule has 1 saturated heterocycles. The van der Waals surface area contributed by atoms with Crippen LogP contribution in [0.2, 0.25) is 0 Å². The van der Waals surface area contributed by atoms with Gasteiger partial charge in [0.25, 0.3) is 0 Å². The summed E-state index contributed by atoms with van der Waals surface area (Å²) in [6.45, 7) is 5.75. The fraction of sp³-hybridized carbons (Fsp3) is 0.316. The number of carbonyl (C=O) groups is 1. The molecule has 3 aromatic rings. The van der Waals surface area contributed by atoms with Gasteiger partial charge in [-0.2, -0.15) is 0 Å². The molecular weight excluding hydrogens is 383 g/mol. The Hall–Kier alpha value is -2.78. The summed E-state index contributed by atoms with van der Waals surface area (Å²) in [5, 5.41) is 15.2. The molecule has 2 N–H and O–H groups in total. The molecule has 3 heterocycles. The molecule has 0 radical (unpaired) electrons. The van der Waals surface area contributed by atoms with Crippen LogP contribution in [-0.4, -0.2) is 46.8 Å². The van der Waals surface area contributed by atoms with Gasteiger partial charge in [0.05, 0.1) is 11.2 Å². The second-order valence-corrected chi connectivity index (χ2v) is 7.40. The fourth-order valence-electron chi connectivity index (χ4n) is 3.41. The average molecular weight is 402 g/mol. The van der Waals surface area contributed by atoms with Gasteiger partial charge in [-0.1, -0.05) is 0 Å². The van der Waals surface area contributed by atoms with Gasteiger partial charge in [0, 0.05) is 55.3 Å². The van der Waals surface area contributed by atoms with Gasteiger partial charge in [0.15, 0.2) is 5.13 Å². The van der Waals surface area contributed by atoms with Gasteiger partial charge in [-0.3, -0.25) is 4.79 Å². The molecule has 146 valence electrons. The van der Waals surface area contributed by atoms with Gasteiger partial charge >= 0.3 is 5.97 Å². The Morgan fingerprint density at radius 3 is 2.79 bits per heavy atom. The highest BCUT2D eigenvalue weighted by Gasteiger charge is 2.20. The standard InChI is InChI=1S/C19H19FN4O3S/c1-2-23-9-13(18(26)27)17(25)12-7-14(20)11(8-16(12)23)15-10-28-19(22-15)24-5-3-21-4-6-24/h7-10,21H,2-6H2,1H3,(H,26,27). The summed E-state index contributed by atoms with van der Waals surface area (Å²) in [5.74, 6) is -1.91. The van der Waals surface area contributed by atoms with Gasteiger partial charge in [0.2, 0.25) is 5.43 Å². The number of aryl methyl sites for hydroxylation is 1. The number of pyridine rings is 1. The minimum atomic E-state index is -1.32. The molecule has 0 unspecified atom stereocenters. The van der Waals surface area contributed by atoms with E-state index in [2.05, 4.69) is 15.2 Å².